The van der Waals surface area contributed by atoms with Crippen LogP contribution in [0.25, 0.3) is 0 Å². The van der Waals surface area contributed by atoms with E-state index >= 15 is 0 Å². The van der Waals surface area contributed by atoms with Gasteiger partial charge in [-0.05, 0) is 61.4 Å². The van der Waals surface area contributed by atoms with Crippen LogP contribution in [-0.2, 0) is 6.42 Å². The Labute approximate surface area is 133 Å². The molecule has 118 valence electrons. The van der Waals surface area contributed by atoms with E-state index in [1.165, 1.54) is 44.6 Å². The molecule has 2 nitrogen and oxygen atoms in total. The first-order chi connectivity index (χ1) is 9.63. The number of halogens is 2. The topological polar surface area (TPSA) is 15.3 Å². The lowest BCUT2D eigenvalue weighted by molar-refractivity contribution is 0.203. The van der Waals surface area contributed by atoms with Crippen molar-refractivity contribution in [3.63, 3.8) is 0 Å². The molecule has 2 atom stereocenters. The molecule has 2 aliphatic rings. The summed E-state index contributed by atoms with van der Waals surface area (Å²) in [5.74, 6) is 0.599. The minimum absolute atomic E-state index is 0. The second-order valence-corrected chi connectivity index (χ2v) is 6.96. The third-order valence-electron chi connectivity index (χ3n) is 4.87. The highest BCUT2D eigenvalue weighted by Crippen LogP contribution is 2.29. The maximum atomic E-state index is 12.9. The van der Waals surface area contributed by atoms with Gasteiger partial charge in [-0.25, -0.2) is 4.39 Å². The maximum Gasteiger partial charge on any atom is 0.123 e. The van der Waals surface area contributed by atoms with Crippen LogP contribution in [0.3, 0.4) is 0 Å². The fraction of sp³-hybridized carbons (Fsp3) is 0.647. The molecule has 2 heterocycles. The largest absolute Gasteiger partial charge is 0.316 e. The molecule has 0 amide bonds. The summed E-state index contributed by atoms with van der Waals surface area (Å²) in [4.78, 5) is 2.63. The molecular formula is C17H26ClFN2. The van der Waals surface area contributed by atoms with E-state index in [1.54, 1.807) is 12.1 Å². The van der Waals surface area contributed by atoms with Crippen molar-refractivity contribution in [1.29, 1.82) is 0 Å². The summed E-state index contributed by atoms with van der Waals surface area (Å²) in [6, 6.07) is 7.01. The molecule has 1 aromatic carbocycles. The summed E-state index contributed by atoms with van der Waals surface area (Å²) < 4.78 is 12.9. The quantitative estimate of drug-likeness (QED) is 0.919. The van der Waals surface area contributed by atoms with Gasteiger partial charge in [-0.2, -0.15) is 0 Å². The Morgan fingerprint density at radius 1 is 1.33 bits per heavy atom. The minimum atomic E-state index is -0.136. The summed E-state index contributed by atoms with van der Waals surface area (Å²) in [7, 11) is 0. The van der Waals surface area contributed by atoms with Gasteiger partial charge in [0.1, 0.15) is 5.82 Å². The van der Waals surface area contributed by atoms with Gasteiger partial charge in [-0.3, -0.25) is 0 Å². The molecule has 0 radical (unpaired) electrons. The molecule has 2 saturated heterocycles. The van der Waals surface area contributed by atoms with Gasteiger partial charge in [0, 0.05) is 19.6 Å². The zero-order chi connectivity index (χ0) is 14.0. The summed E-state index contributed by atoms with van der Waals surface area (Å²) >= 11 is 0. The van der Waals surface area contributed by atoms with Gasteiger partial charge in [0.05, 0.1) is 0 Å². The van der Waals surface area contributed by atoms with Crippen LogP contribution in [0.1, 0.15) is 25.3 Å². The maximum absolute atomic E-state index is 12.9. The SMILES string of the molecule is CC1(CN2CCC(Cc3ccc(F)cc3)C2)CCNC1.Cl. The van der Waals surface area contributed by atoms with Crippen molar-refractivity contribution in [1.82, 2.24) is 10.2 Å². The Kier molecular flexibility index (Phi) is 5.64. The van der Waals surface area contributed by atoms with Crippen molar-refractivity contribution in [3.05, 3.63) is 35.6 Å². The summed E-state index contributed by atoms with van der Waals surface area (Å²) in [5, 5.41) is 3.48. The van der Waals surface area contributed by atoms with E-state index in [0.29, 0.717) is 5.41 Å². The van der Waals surface area contributed by atoms with E-state index in [2.05, 4.69) is 17.1 Å². The Morgan fingerprint density at radius 2 is 2.10 bits per heavy atom. The van der Waals surface area contributed by atoms with Crippen molar-refractivity contribution in [3.8, 4) is 0 Å². The molecular weight excluding hydrogens is 287 g/mol. The number of benzene rings is 1. The third kappa shape index (κ3) is 4.41. The second kappa shape index (κ2) is 7.08. The van der Waals surface area contributed by atoms with Gasteiger partial charge in [0.2, 0.25) is 0 Å². The van der Waals surface area contributed by atoms with Gasteiger partial charge in [0.15, 0.2) is 0 Å². The molecule has 3 rings (SSSR count). The molecule has 2 aliphatic heterocycles. The van der Waals surface area contributed by atoms with Crippen LogP contribution in [-0.4, -0.2) is 37.6 Å². The van der Waals surface area contributed by atoms with Crippen LogP contribution in [0.2, 0.25) is 0 Å². The molecule has 2 fully saturated rings. The highest BCUT2D eigenvalue weighted by molar-refractivity contribution is 5.85. The van der Waals surface area contributed by atoms with Crippen molar-refractivity contribution >= 4 is 12.4 Å². The van der Waals surface area contributed by atoms with E-state index < -0.39 is 0 Å². The molecule has 1 N–H and O–H groups in total. The molecule has 4 heteroatoms. The molecule has 0 aromatic heterocycles. The molecule has 0 saturated carbocycles. The average molecular weight is 313 g/mol. The van der Waals surface area contributed by atoms with Gasteiger partial charge >= 0.3 is 0 Å². The lowest BCUT2D eigenvalue weighted by atomic mass is 9.89. The highest BCUT2D eigenvalue weighted by atomic mass is 35.5. The Balaban J connectivity index is 0.00000161. The van der Waals surface area contributed by atoms with Crippen molar-refractivity contribution in [2.75, 3.05) is 32.7 Å². The Hall–Kier alpha value is -0.640. The molecule has 21 heavy (non-hydrogen) atoms. The second-order valence-electron chi connectivity index (χ2n) is 6.96. The number of hydrogen-bond donors (Lipinski definition) is 1. The van der Waals surface area contributed by atoms with Crippen molar-refractivity contribution in [2.45, 2.75) is 26.2 Å². The van der Waals surface area contributed by atoms with E-state index in [1.807, 2.05) is 12.1 Å². The fourth-order valence-corrected chi connectivity index (χ4v) is 3.72. The van der Waals surface area contributed by atoms with E-state index in [4.69, 9.17) is 0 Å². The van der Waals surface area contributed by atoms with Gasteiger partial charge in [-0.15, -0.1) is 12.4 Å². The zero-order valence-corrected chi connectivity index (χ0v) is 13.6. The first kappa shape index (κ1) is 16.7. The highest BCUT2D eigenvalue weighted by Gasteiger charge is 2.33. The number of rotatable bonds is 4. The Morgan fingerprint density at radius 3 is 2.76 bits per heavy atom. The van der Waals surface area contributed by atoms with Crippen LogP contribution in [0.5, 0.6) is 0 Å². The van der Waals surface area contributed by atoms with Crippen molar-refractivity contribution < 1.29 is 4.39 Å². The fourth-order valence-electron chi connectivity index (χ4n) is 3.72. The first-order valence-corrected chi connectivity index (χ1v) is 7.81. The number of hydrogen-bond acceptors (Lipinski definition) is 2. The predicted molar refractivity (Wildman–Crippen MR) is 87.5 cm³/mol. The van der Waals surface area contributed by atoms with Crippen LogP contribution < -0.4 is 5.32 Å². The van der Waals surface area contributed by atoms with Crippen LogP contribution in [0.15, 0.2) is 24.3 Å². The van der Waals surface area contributed by atoms with Gasteiger partial charge in [0.25, 0.3) is 0 Å². The van der Waals surface area contributed by atoms with E-state index in [9.17, 15) is 4.39 Å². The molecule has 0 bridgehead atoms. The summed E-state index contributed by atoms with van der Waals surface area (Å²) in [6.45, 7) is 8.38. The zero-order valence-electron chi connectivity index (χ0n) is 12.8. The Bertz CT molecular complexity index is 443. The number of nitrogens with one attached hydrogen (secondary N) is 1. The number of likely N-dealkylation sites (tertiary alicyclic amines) is 1. The standard InChI is InChI=1S/C17H25FN2.ClH/c1-17(7-8-19-12-17)13-20-9-6-15(11-20)10-14-2-4-16(18)5-3-14;/h2-5,15,19H,6-13H2,1H3;1H. The normalized spacial score (nSPS) is 29.5. The van der Waals surface area contributed by atoms with Gasteiger partial charge < -0.3 is 10.2 Å². The number of nitrogens with zero attached hydrogens (tertiary/aromatic N) is 1. The third-order valence-corrected chi connectivity index (χ3v) is 4.87. The summed E-state index contributed by atoms with van der Waals surface area (Å²) in [6.07, 6.45) is 3.67. The summed E-state index contributed by atoms with van der Waals surface area (Å²) in [5.41, 5.74) is 1.73. The molecule has 0 spiro atoms. The van der Waals surface area contributed by atoms with Crippen LogP contribution in [0.4, 0.5) is 4.39 Å². The van der Waals surface area contributed by atoms with E-state index in [0.717, 1.165) is 18.9 Å². The average Bonchev–Trinajstić information content (AvgIpc) is 3.02. The predicted octanol–water partition coefficient (Wildman–Crippen LogP) is 3.11. The minimum Gasteiger partial charge on any atom is -0.316 e. The van der Waals surface area contributed by atoms with Crippen LogP contribution >= 0.6 is 12.4 Å². The smallest absolute Gasteiger partial charge is 0.123 e. The molecule has 2 unspecified atom stereocenters. The van der Waals surface area contributed by atoms with Crippen molar-refractivity contribution in [2.24, 2.45) is 11.3 Å². The monoisotopic (exact) mass is 312 g/mol. The molecule has 0 aliphatic carbocycles. The lowest BCUT2D eigenvalue weighted by Crippen LogP contribution is -2.36. The lowest BCUT2D eigenvalue weighted by Gasteiger charge is -2.29. The van der Waals surface area contributed by atoms with Gasteiger partial charge in [-0.1, -0.05) is 19.1 Å². The molecule has 1 aromatic rings. The van der Waals surface area contributed by atoms with E-state index in [-0.39, 0.29) is 18.2 Å². The first-order valence-electron chi connectivity index (χ1n) is 7.81. The van der Waals surface area contributed by atoms with Crippen LogP contribution in [0, 0.1) is 17.2 Å².